The lowest BCUT2D eigenvalue weighted by Crippen LogP contribution is -2.32. The number of aromatic nitrogens is 2. The Morgan fingerprint density at radius 2 is 2.30 bits per heavy atom. The highest BCUT2D eigenvalue weighted by Gasteiger charge is 2.19. The second-order valence-electron chi connectivity index (χ2n) is 5.31. The number of nitrogens with two attached hydrogens (primary N) is 1. The molecule has 2 aromatic heterocycles. The Hall–Kier alpha value is -1.11. The second kappa shape index (κ2) is 7.06. The molecule has 0 radical (unpaired) electrons. The molecule has 2 N–H and O–H groups in total. The molecule has 0 fully saturated rings. The number of anilines is 1. The fourth-order valence-corrected chi connectivity index (χ4v) is 3.10. The van der Waals surface area contributed by atoms with Crippen molar-refractivity contribution < 1.29 is 4.74 Å². The summed E-state index contributed by atoms with van der Waals surface area (Å²) >= 11 is 1.66. The normalized spacial score (nSPS) is 11.7. The van der Waals surface area contributed by atoms with Gasteiger partial charge < -0.3 is 15.4 Å². The summed E-state index contributed by atoms with van der Waals surface area (Å²) < 4.78 is 7.39. The number of ether oxygens (including phenoxy) is 1. The van der Waals surface area contributed by atoms with Crippen LogP contribution in [-0.2, 0) is 11.2 Å². The first-order valence-electron chi connectivity index (χ1n) is 7.05. The number of rotatable bonds is 8. The van der Waals surface area contributed by atoms with E-state index in [0.29, 0.717) is 19.1 Å². The van der Waals surface area contributed by atoms with Crippen LogP contribution in [0.3, 0.4) is 0 Å². The lowest BCUT2D eigenvalue weighted by molar-refractivity contribution is 0.204. The minimum Gasteiger partial charge on any atom is -0.383 e. The predicted octanol–water partition coefficient (Wildman–Crippen LogP) is 2.01. The van der Waals surface area contributed by atoms with Crippen molar-refractivity contribution in [3.8, 4) is 0 Å². The molecular weight excluding hydrogens is 272 g/mol. The molecule has 5 nitrogen and oxygen atoms in total. The standard InChI is InChI=1S/C14H24N4OS/c1-11(2)10-17(6-8-19-3)13-12(4-5-15)18-7-9-20-14(18)16-13/h7,9,11H,4-6,8,10,15H2,1-3H3. The van der Waals surface area contributed by atoms with E-state index in [1.54, 1.807) is 18.4 Å². The number of nitrogens with zero attached hydrogens (tertiary/aromatic N) is 3. The molecule has 0 atom stereocenters. The van der Waals surface area contributed by atoms with E-state index in [1.807, 2.05) is 0 Å². The molecule has 0 saturated heterocycles. The molecule has 20 heavy (non-hydrogen) atoms. The van der Waals surface area contributed by atoms with Gasteiger partial charge in [-0.25, -0.2) is 4.98 Å². The minimum absolute atomic E-state index is 0.581. The third-order valence-electron chi connectivity index (χ3n) is 3.17. The van der Waals surface area contributed by atoms with E-state index in [2.05, 4.69) is 34.7 Å². The molecule has 0 amide bonds. The number of methoxy groups -OCH3 is 1. The largest absolute Gasteiger partial charge is 0.383 e. The van der Waals surface area contributed by atoms with Gasteiger partial charge in [0.1, 0.15) is 0 Å². The zero-order valence-electron chi connectivity index (χ0n) is 12.5. The third-order valence-corrected chi connectivity index (χ3v) is 3.93. The Balaban J connectivity index is 2.34. The molecule has 2 rings (SSSR count). The van der Waals surface area contributed by atoms with Gasteiger partial charge in [-0.3, -0.25) is 4.40 Å². The van der Waals surface area contributed by atoms with Crippen LogP contribution in [0, 0.1) is 5.92 Å². The highest BCUT2D eigenvalue weighted by Crippen LogP contribution is 2.25. The van der Waals surface area contributed by atoms with E-state index in [0.717, 1.165) is 30.3 Å². The number of hydrogen-bond donors (Lipinski definition) is 1. The summed E-state index contributed by atoms with van der Waals surface area (Å²) in [4.78, 5) is 8.15. The minimum atomic E-state index is 0.581. The lowest BCUT2D eigenvalue weighted by Gasteiger charge is -2.25. The Kier molecular flexibility index (Phi) is 5.39. The molecule has 0 aromatic carbocycles. The van der Waals surface area contributed by atoms with E-state index in [9.17, 15) is 0 Å². The maximum atomic E-state index is 5.77. The van der Waals surface area contributed by atoms with Gasteiger partial charge in [-0.05, 0) is 12.5 Å². The molecule has 0 aliphatic heterocycles. The summed E-state index contributed by atoms with van der Waals surface area (Å²) in [5, 5.41) is 2.06. The van der Waals surface area contributed by atoms with Crippen molar-refractivity contribution >= 4 is 22.1 Å². The molecule has 0 aliphatic rings. The number of thiazole rings is 1. The second-order valence-corrected chi connectivity index (χ2v) is 6.18. The van der Waals surface area contributed by atoms with Crippen molar-refractivity contribution in [2.24, 2.45) is 11.7 Å². The Bertz CT molecular complexity index is 534. The van der Waals surface area contributed by atoms with Crippen molar-refractivity contribution in [1.82, 2.24) is 9.38 Å². The fourth-order valence-electron chi connectivity index (χ4n) is 2.37. The highest BCUT2D eigenvalue weighted by atomic mass is 32.1. The van der Waals surface area contributed by atoms with Crippen molar-refractivity contribution in [3.63, 3.8) is 0 Å². The third kappa shape index (κ3) is 3.31. The smallest absolute Gasteiger partial charge is 0.195 e. The molecule has 0 unspecified atom stereocenters. The molecule has 0 spiro atoms. The monoisotopic (exact) mass is 296 g/mol. The average molecular weight is 296 g/mol. The predicted molar refractivity (Wildman–Crippen MR) is 84.8 cm³/mol. The van der Waals surface area contributed by atoms with Crippen LogP contribution < -0.4 is 10.6 Å². The van der Waals surface area contributed by atoms with E-state index >= 15 is 0 Å². The van der Waals surface area contributed by atoms with Crippen LogP contribution >= 0.6 is 11.3 Å². The SMILES string of the molecule is COCCN(CC(C)C)c1nc2sccn2c1CCN. The van der Waals surface area contributed by atoms with Gasteiger partial charge >= 0.3 is 0 Å². The van der Waals surface area contributed by atoms with Gasteiger partial charge in [0.2, 0.25) is 0 Å². The summed E-state index contributed by atoms with van der Waals surface area (Å²) in [7, 11) is 1.74. The summed E-state index contributed by atoms with van der Waals surface area (Å²) in [6.07, 6.45) is 2.92. The zero-order valence-corrected chi connectivity index (χ0v) is 13.3. The molecule has 6 heteroatoms. The zero-order chi connectivity index (χ0) is 14.5. The van der Waals surface area contributed by atoms with Gasteiger partial charge in [-0.2, -0.15) is 0 Å². The van der Waals surface area contributed by atoms with Crippen LogP contribution in [0.2, 0.25) is 0 Å². The summed E-state index contributed by atoms with van der Waals surface area (Å²) in [5.74, 6) is 1.64. The Labute approximate surface area is 124 Å². The highest BCUT2D eigenvalue weighted by molar-refractivity contribution is 7.15. The van der Waals surface area contributed by atoms with Crippen molar-refractivity contribution in [3.05, 3.63) is 17.3 Å². The van der Waals surface area contributed by atoms with Gasteiger partial charge in [-0.1, -0.05) is 13.8 Å². The topological polar surface area (TPSA) is 55.8 Å². The van der Waals surface area contributed by atoms with E-state index in [4.69, 9.17) is 15.5 Å². The van der Waals surface area contributed by atoms with E-state index in [1.165, 1.54) is 5.69 Å². The molecular formula is C14H24N4OS. The molecule has 2 heterocycles. The molecule has 0 bridgehead atoms. The van der Waals surface area contributed by atoms with Crippen LogP contribution in [-0.4, -0.2) is 42.7 Å². The van der Waals surface area contributed by atoms with E-state index in [-0.39, 0.29) is 0 Å². The number of imidazole rings is 1. The van der Waals surface area contributed by atoms with Crippen molar-refractivity contribution in [2.75, 3.05) is 38.3 Å². The maximum absolute atomic E-state index is 5.77. The number of fused-ring (bicyclic) bond motifs is 1. The average Bonchev–Trinajstić information content (AvgIpc) is 2.97. The van der Waals surface area contributed by atoms with Crippen LogP contribution in [0.15, 0.2) is 11.6 Å². The van der Waals surface area contributed by atoms with E-state index < -0.39 is 0 Å². The van der Waals surface area contributed by atoms with Gasteiger partial charge in [0.15, 0.2) is 10.8 Å². The van der Waals surface area contributed by atoms with Crippen LogP contribution in [0.1, 0.15) is 19.5 Å². The first kappa shape index (κ1) is 15.3. The van der Waals surface area contributed by atoms with Crippen LogP contribution in [0.4, 0.5) is 5.82 Å². The van der Waals surface area contributed by atoms with Crippen molar-refractivity contribution in [1.29, 1.82) is 0 Å². The summed E-state index contributed by atoms with van der Waals surface area (Å²) in [6, 6.07) is 0. The fraction of sp³-hybridized carbons (Fsp3) is 0.643. The maximum Gasteiger partial charge on any atom is 0.195 e. The number of hydrogen-bond acceptors (Lipinski definition) is 5. The molecule has 2 aromatic rings. The molecule has 0 aliphatic carbocycles. The first-order valence-corrected chi connectivity index (χ1v) is 7.93. The Morgan fingerprint density at radius 3 is 2.95 bits per heavy atom. The van der Waals surface area contributed by atoms with Gasteiger partial charge in [0.25, 0.3) is 0 Å². The van der Waals surface area contributed by atoms with Gasteiger partial charge in [0.05, 0.1) is 12.3 Å². The molecule has 112 valence electrons. The van der Waals surface area contributed by atoms with Gasteiger partial charge in [0, 0.05) is 38.2 Å². The van der Waals surface area contributed by atoms with Gasteiger partial charge in [-0.15, -0.1) is 11.3 Å². The van der Waals surface area contributed by atoms with Crippen LogP contribution in [0.25, 0.3) is 4.96 Å². The summed E-state index contributed by atoms with van der Waals surface area (Å²) in [6.45, 7) is 7.63. The quantitative estimate of drug-likeness (QED) is 0.809. The van der Waals surface area contributed by atoms with Crippen LogP contribution in [0.5, 0.6) is 0 Å². The molecule has 0 saturated carbocycles. The summed E-state index contributed by atoms with van der Waals surface area (Å²) in [5.41, 5.74) is 6.98. The lowest BCUT2D eigenvalue weighted by atomic mass is 10.2. The van der Waals surface area contributed by atoms with Crippen molar-refractivity contribution in [2.45, 2.75) is 20.3 Å². The Morgan fingerprint density at radius 1 is 1.50 bits per heavy atom. The first-order chi connectivity index (χ1) is 9.67.